The van der Waals surface area contributed by atoms with Crippen molar-refractivity contribution >= 4 is 39.3 Å². The van der Waals surface area contributed by atoms with E-state index in [0.29, 0.717) is 48.9 Å². The van der Waals surface area contributed by atoms with Gasteiger partial charge in [0.15, 0.2) is 16.3 Å². The Kier molecular flexibility index (Phi) is 9.12. The number of aromatic nitrogens is 1. The van der Waals surface area contributed by atoms with Crippen LogP contribution in [0.15, 0.2) is 86.2 Å². The number of fused-ring (bicyclic) bond motifs is 1. The minimum Gasteiger partial charge on any atom is -0.493 e. The molecule has 0 amide bonds. The summed E-state index contributed by atoms with van der Waals surface area (Å²) in [6.07, 6.45) is 1.78. The van der Waals surface area contributed by atoms with Crippen LogP contribution in [0.3, 0.4) is 0 Å². The summed E-state index contributed by atoms with van der Waals surface area (Å²) in [4.78, 5) is 32.3. The molecule has 0 fully saturated rings. The molecule has 8 nitrogen and oxygen atoms in total. The van der Waals surface area contributed by atoms with Crippen molar-refractivity contribution in [1.29, 1.82) is 0 Å². The number of benzene rings is 3. The Bertz CT molecular complexity index is 1880. The van der Waals surface area contributed by atoms with Crippen LogP contribution in [-0.2, 0) is 16.1 Å². The molecule has 0 saturated heterocycles. The number of carbonyl (C=O) groups excluding carboxylic acids is 1. The smallest absolute Gasteiger partial charge is 0.338 e. The Morgan fingerprint density at radius 3 is 2.40 bits per heavy atom. The van der Waals surface area contributed by atoms with Gasteiger partial charge in [-0.2, -0.15) is 0 Å². The van der Waals surface area contributed by atoms with Crippen LogP contribution in [0, 0.1) is 5.82 Å². The van der Waals surface area contributed by atoms with Gasteiger partial charge in [0.25, 0.3) is 5.56 Å². The zero-order valence-corrected chi connectivity index (χ0v) is 26.3. The van der Waals surface area contributed by atoms with Gasteiger partial charge in [-0.05, 0) is 73.0 Å². The molecule has 0 N–H and O–H groups in total. The van der Waals surface area contributed by atoms with Crippen LogP contribution < -0.4 is 29.1 Å². The van der Waals surface area contributed by atoms with E-state index >= 15 is 0 Å². The van der Waals surface area contributed by atoms with E-state index < -0.39 is 12.0 Å². The van der Waals surface area contributed by atoms with Gasteiger partial charge in [-0.15, -0.1) is 0 Å². The second kappa shape index (κ2) is 13.0. The first-order valence-electron chi connectivity index (χ1n) is 13.3. The Morgan fingerprint density at radius 2 is 1.74 bits per heavy atom. The molecule has 1 aliphatic rings. The number of methoxy groups -OCH3 is 2. The van der Waals surface area contributed by atoms with Gasteiger partial charge in [-0.1, -0.05) is 51.5 Å². The Morgan fingerprint density at radius 1 is 1.07 bits per heavy atom. The molecule has 5 rings (SSSR count). The number of hydrogen-bond donors (Lipinski definition) is 0. The predicted octanol–water partition coefficient (Wildman–Crippen LogP) is 5.30. The highest BCUT2D eigenvalue weighted by Gasteiger charge is 2.35. The van der Waals surface area contributed by atoms with E-state index in [4.69, 9.17) is 18.9 Å². The van der Waals surface area contributed by atoms with Crippen molar-refractivity contribution in [3.63, 3.8) is 0 Å². The van der Waals surface area contributed by atoms with Gasteiger partial charge in [0.05, 0.1) is 42.7 Å². The lowest BCUT2D eigenvalue weighted by Crippen LogP contribution is -2.40. The molecule has 0 radical (unpaired) electrons. The molecule has 1 atom stereocenters. The Labute approximate surface area is 259 Å². The van der Waals surface area contributed by atoms with Crippen LogP contribution in [0.1, 0.15) is 36.6 Å². The average molecular weight is 668 g/mol. The summed E-state index contributed by atoms with van der Waals surface area (Å²) in [5.74, 6) is 0.724. The molecule has 1 aromatic heterocycles. The fourth-order valence-electron chi connectivity index (χ4n) is 4.72. The standard InChI is InChI=1S/C32H28BrFN2O6S/c1-5-41-31(38)28-18(2)35-32-36(29(28)23-15-25(39-3)26(40-4)16-24(23)33)30(37)27(43-32)14-19-8-12-22(13-9-19)42-17-20-6-10-21(34)11-7-20/h6-16,29H,5,17H2,1-4H3/b27-14-/t29-/m0/s1. The topological polar surface area (TPSA) is 88.4 Å². The first-order chi connectivity index (χ1) is 20.7. The van der Waals surface area contributed by atoms with E-state index in [1.165, 1.54) is 42.3 Å². The van der Waals surface area contributed by atoms with Crippen LogP contribution in [0.5, 0.6) is 17.2 Å². The number of carbonyl (C=O) groups is 1. The minimum absolute atomic E-state index is 0.170. The quantitative estimate of drug-likeness (QED) is 0.226. The number of esters is 1. The van der Waals surface area contributed by atoms with Crippen molar-refractivity contribution in [3.05, 3.63) is 119 Å². The second-order valence-electron chi connectivity index (χ2n) is 9.52. The van der Waals surface area contributed by atoms with Crippen LogP contribution >= 0.6 is 27.3 Å². The normalized spacial score (nSPS) is 14.7. The van der Waals surface area contributed by atoms with Crippen LogP contribution in [0.4, 0.5) is 4.39 Å². The predicted molar refractivity (Wildman–Crippen MR) is 165 cm³/mol. The monoisotopic (exact) mass is 666 g/mol. The number of thiazole rings is 1. The first-order valence-corrected chi connectivity index (χ1v) is 14.9. The fourth-order valence-corrected chi connectivity index (χ4v) is 6.31. The maximum Gasteiger partial charge on any atom is 0.338 e. The summed E-state index contributed by atoms with van der Waals surface area (Å²) >= 11 is 4.84. The molecule has 0 saturated carbocycles. The van der Waals surface area contributed by atoms with E-state index in [9.17, 15) is 14.0 Å². The molecular formula is C32H28BrFN2O6S. The molecule has 0 aliphatic carbocycles. The van der Waals surface area contributed by atoms with E-state index in [1.54, 1.807) is 56.3 Å². The molecule has 222 valence electrons. The number of nitrogens with zero attached hydrogens (tertiary/aromatic N) is 2. The molecule has 43 heavy (non-hydrogen) atoms. The van der Waals surface area contributed by atoms with E-state index in [2.05, 4.69) is 20.9 Å². The highest BCUT2D eigenvalue weighted by molar-refractivity contribution is 9.10. The van der Waals surface area contributed by atoms with Crippen molar-refractivity contribution in [2.45, 2.75) is 26.5 Å². The van der Waals surface area contributed by atoms with Crippen LogP contribution in [0.25, 0.3) is 6.08 Å². The lowest BCUT2D eigenvalue weighted by atomic mass is 9.95. The molecule has 0 bridgehead atoms. The number of hydrogen-bond acceptors (Lipinski definition) is 8. The summed E-state index contributed by atoms with van der Waals surface area (Å²) in [6, 6.07) is 16.1. The molecule has 11 heteroatoms. The van der Waals surface area contributed by atoms with Crippen molar-refractivity contribution in [3.8, 4) is 17.2 Å². The summed E-state index contributed by atoms with van der Waals surface area (Å²) in [5.41, 5.74) is 2.66. The van der Waals surface area contributed by atoms with E-state index in [-0.39, 0.29) is 23.6 Å². The third-order valence-corrected chi connectivity index (χ3v) is 8.48. The maximum absolute atomic E-state index is 14.0. The summed E-state index contributed by atoms with van der Waals surface area (Å²) in [5, 5.41) is 0. The number of halogens is 2. The van der Waals surface area contributed by atoms with Gasteiger partial charge in [0.2, 0.25) is 0 Å². The van der Waals surface area contributed by atoms with E-state index in [0.717, 1.165) is 11.1 Å². The Hall–Kier alpha value is -4.22. The van der Waals surface area contributed by atoms with Crippen molar-refractivity contribution in [2.75, 3.05) is 20.8 Å². The van der Waals surface area contributed by atoms with Crippen LogP contribution in [-0.4, -0.2) is 31.4 Å². The second-order valence-corrected chi connectivity index (χ2v) is 11.4. The third-order valence-electron chi connectivity index (χ3n) is 6.81. The number of allylic oxidation sites excluding steroid dienone is 1. The summed E-state index contributed by atoms with van der Waals surface area (Å²) in [7, 11) is 3.05. The maximum atomic E-state index is 14.0. The minimum atomic E-state index is -0.825. The lowest BCUT2D eigenvalue weighted by Gasteiger charge is -2.26. The highest BCUT2D eigenvalue weighted by Crippen LogP contribution is 2.40. The van der Waals surface area contributed by atoms with Gasteiger partial charge in [0, 0.05) is 4.47 Å². The highest BCUT2D eigenvalue weighted by atomic mass is 79.9. The van der Waals surface area contributed by atoms with Crippen molar-refractivity contribution in [1.82, 2.24) is 4.57 Å². The molecule has 4 aromatic rings. The first kappa shape index (κ1) is 30.2. The fraction of sp³-hybridized carbons (Fsp3) is 0.219. The average Bonchev–Trinajstić information content (AvgIpc) is 3.30. The molecule has 3 aromatic carbocycles. The van der Waals surface area contributed by atoms with Crippen LogP contribution in [0.2, 0.25) is 0 Å². The Balaban J connectivity index is 1.55. The zero-order valence-electron chi connectivity index (χ0n) is 23.9. The molecular weight excluding hydrogens is 639 g/mol. The number of ether oxygens (including phenoxy) is 4. The zero-order chi connectivity index (χ0) is 30.7. The van der Waals surface area contributed by atoms with Gasteiger partial charge < -0.3 is 18.9 Å². The lowest BCUT2D eigenvalue weighted by molar-refractivity contribution is -0.139. The summed E-state index contributed by atoms with van der Waals surface area (Å²) < 4.78 is 37.9. The van der Waals surface area contributed by atoms with Crippen molar-refractivity contribution < 1.29 is 28.1 Å². The van der Waals surface area contributed by atoms with Crippen molar-refractivity contribution in [2.24, 2.45) is 4.99 Å². The third kappa shape index (κ3) is 6.28. The van der Waals surface area contributed by atoms with Gasteiger partial charge in [-0.3, -0.25) is 9.36 Å². The SMILES string of the molecule is CCOC(=O)C1=C(C)N=c2s/c(=C\c3ccc(OCc4ccc(F)cc4)cc3)c(=O)n2[C@H]1c1cc(OC)c(OC)cc1Br. The van der Waals surface area contributed by atoms with E-state index in [1.807, 2.05) is 12.1 Å². The molecule has 0 spiro atoms. The van der Waals surface area contributed by atoms with Gasteiger partial charge in [-0.25, -0.2) is 14.2 Å². The molecule has 0 unspecified atom stereocenters. The van der Waals surface area contributed by atoms with Gasteiger partial charge in [0.1, 0.15) is 18.2 Å². The molecule has 1 aliphatic heterocycles. The largest absolute Gasteiger partial charge is 0.493 e. The molecule has 2 heterocycles. The van der Waals surface area contributed by atoms with Gasteiger partial charge >= 0.3 is 5.97 Å². The number of rotatable bonds is 9. The summed E-state index contributed by atoms with van der Waals surface area (Å²) in [6.45, 7) is 3.93.